The van der Waals surface area contributed by atoms with Crippen LogP contribution in [0.4, 0.5) is 15.8 Å². The third-order valence-corrected chi connectivity index (χ3v) is 6.69. The van der Waals surface area contributed by atoms with E-state index in [1.54, 1.807) is 43.5 Å². The van der Waals surface area contributed by atoms with Crippen molar-refractivity contribution in [3.63, 3.8) is 0 Å². The van der Waals surface area contributed by atoms with E-state index in [1.165, 1.54) is 18.5 Å². The van der Waals surface area contributed by atoms with Crippen LogP contribution in [-0.2, 0) is 6.54 Å². The first-order valence-corrected chi connectivity index (χ1v) is 12.4. The molecule has 194 valence electrons. The molecule has 0 spiro atoms. The van der Waals surface area contributed by atoms with Gasteiger partial charge in [-0.2, -0.15) is 0 Å². The Hall–Kier alpha value is -4.43. The number of hydrogen-bond acceptors (Lipinski definition) is 6. The van der Waals surface area contributed by atoms with Gasteiger partial charge in [0.15, 0.2) is 0 Å². The number of benzene rings is 3. The maximum Gasteiger partial charge on any atom is 0.255 e. The highest BCUT2D eigenvalue weighted by atomic mass is 19.1. The van der Waals surface area contributed by atoms with Crippen LogP contribution in [0.15, 0.2) is 85.2 Å². The number of methoxy groups -OCH3 is 1. The lowest BCUT2D eigenvalue weighted by atomic mass is 10.0. The van der Waals surface area contributed by atoms with E-state index in [2.05, 4.69) is 20.1 Å². The second kappa shape index (κ2) is 11.3. The second-order valence-electron chi connectivity index (χ2n) is 9.24. The predicted octanol–water partition coefficient (Wildman–Crippen LogP) is 5.18. The van der Waals surface area contributed by atoms with Gasteiger partial charge in [-0.1, -0.05) is 12.1 Å². The van der Waals surface area contributed by atoms with Crippen molar-refractivity contribution in [3.05, 3.63) is 102 Å². The van der Waals surface area contributed by atoms with E-state index >= 15 is 0 Å². The summed E-state index contributed by atoms with van der Waals surface area (Å²) in [6.07, 6.45) is 2.86. The topological polar surface area (TPSA) is 77.9 Å². The molecular weight excluding hydrogens is 483 g/mol. The van der Waals surface area contributed by atoms with Crippen molar-refractivity contribution in [2.75, 3.05) is 43.5 Å². The fourth-order valence-electron chi connectivity index (χ4n) is 4.59. The molecule has 2 N–H and O–H groups in total. The third-order valence-electron chi connectivity index (χ3n) is 6.69. The Kier molecular flexibility index (Phi) is 7.51. The number of rotatable bonds is 7. The van der Waals surface area contributed by atoms with Crippen LogP contribution < -0.4 is 15.0 Å². The number of aromatic hydroxyl groups is 1. The van der Waals surface area contributed by atoms with Crippen LogP contribution in [0.25, 0.3) is 11.1 Å². The normalized spacial score (nSPS) is 13.8. The summed E-state index contributed by atoms with van der Waals surface area (Å²) in [5.41, 5.74) is 4.24. The average molecular weight is 513 g/mol. The maximum atomic E-state index is 14.8. The molecule has 0 atom stereocenters. The molecule has 0 aliphatic carbocycles. The van der Waals surface area contributed by atoms with Crippen LogP contribution in [0.5, 0.6) is 11.5 Å². The molecule has 0 radical (unpaired) electrons. The molecule has 5 rings (SSSR count). The molecule has 38 heavy (non-hydrogen) atoms. The Labute approximate surface area is 221 Å². The number of halogens is 1. The molecule has 1 aromatic heterocycles. The Balaban J connectivity index is 1.14. The Morgan fingerprint density at radius 3 is 2.37 bits per heavy atom. The Morgan fingerprint density at radius 1 is 0.974 bits per heavy atom. The van der Waals surface area contributed by atoms with Crippen molar-refractivity contribution in [2.24, 2.45) is 0 Å². The van der Waals surface area contributed by atoms with Crippen molar-refractivity contribution in [1.29, 1.82) is 0 Å². The fourth-order valence-corrected chi connectivity index (χ4v) is 4.59. The Morgan fingerprint density at radius 2 is 1.71 bits per heavy atom. The first-order chi connectivity index (χ1) is 18.5. The summed E-state index contributed by atoms with van der Waals surface area (Å²) in [5, 5.41) is 12.5. The summed E-state index contributed by atoms with van der Waals surface area (Å²) < 4.78 is 19.9. The number of nitrogens with zero attached hydrogens (tertiary/aromatic N) is 3. The molecule has 0 saturated carbocycles. The fraction of sp³-hybridized carbons (Fsp3) is 0.200. The smallest absolute Gasteiger partial charge is 0.255 e. The van der Waals surface area contributed by atoms with Crippen LogP contribution >= 0.6 is 0 Å². The molecule has 1 fully saturated rings. The first kappa shape index (κ1) is 25.2. The van der Waals surface area contributed by atoms with Gasteiger partial charge in [-0.3, -0.25) is 14.7 Å². The highest BCUT2D eigenvalue weighted by molar-refractivity contribution is 6.04. The van der Waals surface area contributed by atoms with E-state index in [4.69, 9.17) is 4.74 Å². The number of carbonyl (C=O) groups is 1. The molecule has 1 amide bonds. The minimum atomic E-state index is -0.329. The van der Waals surface area contributed by atoms with Gasteiger partial charge in [-0.05, 0) is 66.2 Å². The summed E-state index contributed by atoms with van der Waals surface area (Å²) in [6.45, 7) is 4.03. The van der Waals surface area contributed by atoms with Crippen molar-refractivity contribution in [1.82, 2.24) is 9.88 Å². The number of anilines is 2. The highest BCUT2D eigenvalue weighted by Gasteiger charge is 2.18. The molecule has 0 unspecified atom stereocenters. The van der Waals surface area contributed by atoms with Gasteiger partial charge in [-0.25, -0.2) is 4.39 Å². The van der Waals surface area contributed by atoms with Gasteiger partial charge >= 0.3 is 0 Å². The molecule has 3 aromatic carbocycles. The lowest BCUT2D eigenvalue weighted by Gasteiger charge is -2.36. The van der Waals surface area contributed by atoms with Gasteiger partial charge in [0, 0.05) is 67.0 Å². The number of aromatic nitrogens is 1. The summed E-state index contributed by atoms with van der Waals surface area (Å²) in [5.74, 6) is 0.255. The van der Waals surface area contributed by atoms with E-state index in [0.29, 0.717) is 28.9 Å². The number of carbonyl (C=O) groups excluding carboxylic acids is 1. The van der Waals surface area contributed by atoms with Gasteiger partial charge < -0.3 is 20.1 Å². The van der Waals surface area contributed by atoms with Crippen molar-refractivity contribution in [2.45, 2.75) is 6.54 Å². The molecule has 1 saturated heterocycles. The Bertz CT molecular complexity index is 1400. The van der Waals surface area contributed by atoms with Crippen molar-refractivity contribution in [3.8, 4) is 22.6 Å². The number of nitrogens with one attached hydrogen (secondary N) is 1. The summed E-state index contributed by atoms with van der Waals surface area (Å²) >= 11 is 0. The molecule has 4 aromatic rings. The van der Waals surface area contributed by atoms with E-state index in [0.717, 1.165) is 43.2 Å². The predicted molar refractivity (Wildman–Crippen MR) is 146 cm³/mol. The van der Waals surface area contributed by atoms with E-state index in [1.807, 2.05) is 30.3 Å². The number of hydrogen-bond donors (Lipinski definition) is 2. The monoisotopic (exact) mass is 512 g/mol. The third kappa shape index (κ3) is 5.92. The molecule has 8 heteroatoms. The van der Waals surface area contributed by atoms with Gasteiger partial charge in [0.2, 0.25) is 0 Å². The minimum absolute atomic E-state index is 0.00955. The van der Waals surface area contributed by atoms with Crippen LogP contribution in [0.2, 0.25) is 0 Å². The molecule has 1 aliphatic heterocycles. The molecular formula is C30H29FN4O3. The average Bonchev–Trinajstić information content (AvgIpc) is 2.94. The standard InChI is InChI=1S/C30H29FN4O3/c1-38-27-9-5-24(6-10-27)33-30(37)22-3-7-25(8-4-22)35-14-12-34(13-15-35)20-21-2-11-28(29(31)16-21)23-17-26(36)19-32-18-23/h2-11,16-19,36H,12-15,20H2,1H3,(H,33,37). The summed E-state index contributed by atoms with van der Waals surface area (Å²) in [4.78, 5) is 21.1. The van der Waals surface area contributed by atoms with E-state index < -0.39 is 0 Å². The number of amides is 1. The van der Waals surface area contributed by atoms with Gasteiger partial charge in [0.25, 0.3) is 5.91 Å². The zero-order chi connectivity index (χ0) is 26.5. The van der Waals surface area contributed by atoms with Crippen LogP contribution in [0.3, 0.4) is 0 Å². The zero-order valence-corrected chi connectivity index (χ0v) is 21.1. The molecule has 2 heterocycles. The molecule has 0 bridgehead atoms. The van der Waals surface area contributed by atoms with Crippen LogP contribution in [0.1, 0.15) is 15.9 Å². The van der Waals surface area contributed by atoms with Gasteiger partial charge in [-0.15, -0.1) is 0 Å². The SMILES string of the molecule is COc1ccc(NC(=O)c2ccc(N3CCN(Cc4ccc(-c5cncc(O)c5)c(F)c4)CC3)cc2)cc1. The number of ether oxygens (including phenoxy) is 1. The highest BCUT2D eigenvalue weighted by Crippen LogP contribution is 2.26. The maximum absolute atomic E-state index is 14.8. The summed E-state index contributed by atoms with van der Waals surface area (Å²) in [7, 11) is 1.60. The van der Waals surface area contributed by atoms with E-state index in [9.17, 15) is 14.3 Å². The van der Waals surface area contributed by atoms with Crippen LogP contribution in [-0.4, -0.2) is 54.2 Å². The minimum Gasteiger partial charge on any atom is -0.506 e. The number of pyridine rings is 1. The first-order valence-electron chi connectivity index (χ1n) is 12.4. The zero-order valence-electron chi connectivity index (χ0n) is 21.1. The molecule has 1 aliphatic rings. The van der Waals surface area contributed by atoms with E-state index in [-0.39, 0.29) is 17.5 Å². The summed E-state index contributed by atoms with van der Waals surface area (Å²) in [6, 6.07) is 21.6. The second-order valence-corrected chi connectivity index (χ2v) is 9.24. The largest absolute Gasteiger partial charge is 0.506 e. The number of piperazine rings is 1. The van der Waals surface area contributed by atoms with Crippen molar-refractivity contribution >= 4 is 17.3 Å². The molecule has 7 nitrogen and oxygen atoms in total. The van der Waals surface area contributed by atoms with Crippen molar-refractivity contribution < 1.29 is 19.0 Å². The van der Waals surface area contributed by atoms with Gasteiger partial charge in [0.1, 0.15) is 17.3 Å². The van der Waals surface area contributed by atoms with Gasteiger partial charge in [0.05, 0.1) is 13.3 Å². The quantitative estimate of drug-likeness (QED) is 0.356. The lowest BCUT2D eigenvalue weighted by Crippen LogP contribution is -2.46. The van der Waals surface area contributed by atoms with Crippen LogP contribution in [0, 0.1) is 5.82 Å². The lowest BCUT2D eigenvalue weighted by molar-refractivity contribution is 0.102.